The first-order valence-corrected chi connectivity index (χ1v) is 14.7. The van der Waals surface area contributed by atoms with Gasteiger partial charge in [-0.05, 0) is 19.1 Å². The molecule has 0 amide bonds. The van der Waals surface area contributed by atoms with Crippen molar-refractivity contribution >= 4 is 41.7 Å². The average Bonchev–Trinajstić information content (AvgIpc) is 2.92. The van der Waals surface area contributed by atoms with Gasteiger partial charge in [-0.2, -0.15) is 17.0 Å². The minimum Gasteiger partial charge on any atom is -0.377 e. The van der Waals surface area contributed by atoms with Gasteiger partial charge in [-0.25, -0.2) is 17.9 Å². The van der Waals surface area contributed by atoms with Crippen molar-refractivity contribution in [3.8, 4) is 5.75 Å². The molecule has 0 aromatic heterocycles. The summed E-state index contributed by atoms with van der Waals surface area (Å²) in [5.41, 5.74) is 0.826. The minimum atomic E-state index is -5.76. The van der Waals surface area contributed by atoms with Gasteiger partial charge >= 0.3 is 33.9 Å². The van der Waals surface area contributed by atoms with E-state index in [1.165, 1.54) is 12.1 Å². The van der Waals surface area contributed by atoms with E-state index < -0.39 is 64.8 Å². The van der Waals surface area contributed by atoms with E-state index in [1.807, 2.05) is 0 Å². The van der Waals surface area contributed by atoms with E-state index in [1.54, 1.807) is 19.1 Å². The second-order valence-corrected chi connectivity index (χ2v) is 12.2. The number of methoxy groups -OCH3 is 1. The predicted octanol–water partition coefficient (Wildman–Crippen LogP) is 0.256. The zero-order valence-electron chi connectivity index (χ0n) is 17.3. The lowest BCUT2D eigenvalue weighted by atomic mass is 9.93. The van der Waals surface area contributed by atoms with E-state index in [4.69, 9.17) is 35.5 Å². The second-order valence-electron chi connectivity index (χ2n) is 6.59. The van der Waals surface area contributed by atoms with Gasteiger partial charge in [0.1, 0.15) is 31.9 Å². The molecule has 1 aromatic carbocycles. The van der Waals surface area contributed by atoms with Crippen LogP contribution in [0.25, 0.3) is 0 Å². The minimum absolute atomic E-state index is 0.0902. The summed E-state index contributed by atoms with van der Waals surface area (Å²) in [5, 5.41) is 0. The van der Waals surface area contributed by atoms with Gasteiger partial charge in [0.25, 0.3) is 0 Å². The van der Waals surface area contributed by atoms with Crippen molar-refractivity contribution in [1.82, 2.24) is 0 Å². The van der Waals surface area contributed by atoms with Crippen LogP contribution in [0.15, 0.2) is 24.3 Å². The summed E-state index contributed by atoms with van der Waals surface area (Å²) in [6.45, 7) is 0.736. The number of hydrogen-bond acceptors (Lipinski definition) is 12. The molecule has 1 aliphatic heterocycles. The summed E-state index contributed by atoms with van der Waals surface area (Å²) < 4.78 is 90.3. The molecule has 4 N–H and O–H groups in total. The lowest BCUT2D eigenvalue weighted by Crippen LogP contribution is -2.40. The van der Waals surface area contributed by atoms with E-state index in [0.717, 1.165) is 12.7 Å². The van der Waals surface area contributed by atoms with Crippen molar-refractivity contribution in [2.75, 3.05) is 13.7 Å². The van der Waals surface area contributed by atoms with Crippen molar-refractivity contribution in [1.29, 1.82) is 0 Å². The Morgan fingerprint density at radius 3 is 2.12 bits per heavy atom. The van der Waals surface area contributed by atoms with Crippen molar-refractivity contribution in [3.63, 3.8) is 0 Å². The summed E-state index contributed by atoms with van der Waals surface area (Å²) in [7, 11) is -14.8. The van der Waals surface area contributed by atoms with Crippen LogP contribution in [0.2, 0.25) is 0 Å². The Labute approximate surface area is 195 Å². The molecule has 0 saturated carbocycles. The van der Waals surface area contributed by atoms with E-state index in [2.05, 4.69) is 13.1 Å². The number of ether oxygens (including phenoxy) is 2. The van der Waals surface area contributed by atoms with Crippen molar-refractivity contribution in [3.05, 3.63) is 29.8 Å². The van der Waals surface area contributed by atoms with Crippen LogP contribution in [0.3, 0.4) is 0 Å². The molecular formula is C13H20BO16P3S. The lowest BCUT2D eigenvalue weighted by molar-refractivity contribution is -0.00232. The van der Waals surface area contributed by atoms with Gasteiger partial charge in [0, 0.05) is 13.1 Å². The number of phosphoric ester groups is 1. The van der Waals surface area contributed by atoms with Gasteiger partial charge in [0.2, 0.25) is 0 Å². The molecule has 0 bridgehead atoms. The normalized spacial score (nSPS) is 27.1. The number of aryl methyl sites for hydroxylation is 1. The van der Waals surface area contributed by atoms with Gasteiger partial charge in [-0.1, -0.05) is 17.7 Å². The molecule has 1 aromatic rings. The van der Waals surface area contributed by atoms with Crippen LogP contribution in [0, 0.1) is 6.92 Å². The number of rotatable bonds is 12. The predicted molar refractivity (Wildman–Crippen MR) is 111 cm³/mol. The fourth-order valence-corrected chi connectivity index (χ4v) is 6.53. The maximum absolute atomic E-state index is 12.3. The third-order valence-corrected chi connectivity index (χ3v) is 8.54. The molecule has 192 valence electrons. The summed E-state index contributed by atoms with van der Waals surface area (Å²) in [6, 6.07) is 4.55. The standard InChI is InChI=1S/C13H20BO16P3S/c1-8-3-5-9(6-4-8)27-34(22,23)28-11-10(26-13(14)12(11)24-2)7-25-32(18,19)30-33(20,21)29-31(15,16)17/h3-6,10-13H,7H2,1-2H3,(H,18,19)(H,20,21)(H2,15,16,17). The zero-order valence-corrected chi connectivity index (χ0v) is 20.8. The van der Waals surface area contributed by atoms with Crippen LogP contribution < -0.4 is 4.18 Å². The Morgan fingerprint density at radius 1 is 1.00 bits per heavy atom. The molecule has 6 unspecified atom stereocenters. The van der Waals surface area contributed by atoms with Crippen LogP contribution in [-0.2, 0) is 50.9 Å². The molecule has 1 fully saturated rings. The van der Waals surface area contributed by atoms with Gasteiger partial charge in [0.05, 0.1) is 6.61 Å². The zero-order chi connectivity index (χ0) is 25.9. The highest BCUT2D eigenvalue weighted by atomic mass is 32.3. The van der Waals surface area contributed by atoms with Crippen LogP contribution in [-0.4, -0.2) is 73.9 Å². The van der Waals surface area contributed by atoms with Crippen molar-refractivity contribution in [2.24, 2.45) is 0 Å². The first-order chi connectivity index (χ1) is 15.4. The van der Waals surface area contributed by atoms with Gasteiger partial charge in [-0.3, -0.25) is 4.52 Å². The highest BCUT2D eigenvalue weighted by molar-refractivity contribution is 7.82. The summed E-state index contributed by atoms with van der Waals surface area (Å²) in [6.07, 6.45) is -4.37. The largest absolute Gasteiger partial charge is 0.490 e. The maximum Gasteiger partial charge on any atom is 0.490 e. The molecule has 2 radical (unpaired) electrons. The lowest BCUT2D eigenvalue weighted by Gasteiger charge is -2.23. The maximum atomic E-state index is 12.3. The van der Waals surface area contributed by atoms with Gasteiger partial charge < -0.3 is 33.2 Å². The third-order valence-electron chi connectivity index (χ3n) is 3.88. The van der Waals surface area contributed by atoms with E-state index in [-0.39, 0.29) is 5.75 Å². The summed E-state index contributed by atoms with van der Waals surface area (Å²) >= 11 is 0. The molecule has 2 rings (SSSR count). The van der Waals surface area contributed by atoms with Crippen LogP contribution in [0.5, 0.6) is 5.75 Å². The topological polar surface area (TPSA) is 231 Å². The first-order valence-electron chi connectivity index (χ1n) is 8.83. The van der Waals surface area contributed by atoms with E-state index in [0.29, 0.717) is 0 Å². The smallest absolute Gasteiger partial charge is 0.377 e. The van der Waals surface area contributed by atoms with Gasteiger partial charge in [0.15, 0.2) is 0 Å². The van der Waals surface area contributed by atoms with Gasteiger partial charge in [-0.15, -0.1) is 0 Å². The quantitative estimate of drug-likeness (QED) is 0.196. The molecule has 1 heterocycles. The van der Waals surface area contributed by atoms with Crippen molar-refractivity contribution in [2.45, 2.75) is 31.2 Å². The Balaban J connectivity index is 2.11. The first kappa shape index (κ1) is 29.6. The molecule has 21 heteroatoms. The fourth-order valence-electron chi connectivity index (χ4n) is 2.61. The molecule has 34 heavy (non-hydrogen) atoms. The number of phosphoric acid groups is 3. The Morgan fingerprint density at radius 2 is 1.59 bits per heavy atom. The fraction of sp³-hybridized carbons (Fsp3) is 0.538. The van der Waals surface area contributed by atoms with Crippen molar-refractivity contribution < 1.29 is 72.7 Å². The van der Waals surface area contributed by atoms with Crippen LogP contribution in [0.4, 0.5) is 0 Å². The highest BCUT2D eigenvalue weighted by Crippen LogP contribution is 2.66. The number of benzene rings is 1. The monoisotopic (exact) mass is 568 g/mol. The Kier molecular flexibility index (Phi) is 9.70. The summed E-state index contributed by atoms with van der Waals surface area (Å²) in [5.74, 6) is -0.0902. The molecule has 6 atom stereocenters. The molecule has 1 saturated heterocycles. The molecule has 0 aliphatic carbocycles. The molecular weight excluding hydrogens is 548 g/mol. The molecule has 0 spiro atoms. The highest BCUT2D eigenvalue weighted by Gasteiger charge is 2.48. The average molecular weight is 568 g/mol. The summed E-state index contributed by atoms with van der Waals surface area (Å²) in [4.78, 5) is 35.8. The molecule has 16 nitrogen and oxygen atoms in total. The van der Waals surface area contributed by atoms with E-state index in [9.17, 15) is 31.9 Å². The van der Waals surface area contributed by atoms with Crippen LogP contribution >= 0.6 is 23.5 Å². The third kappa shape index (κ3) is 9.41. The van der Waals surface area contributed by atoms with E-state index >= 15 is 0 Å². The SMILES string of the molecule is [B]C1OC(COP(=O)(O)OP(=O)(O)OP(=O)(O)O)C(OS(=O)(=O)Oc2ccc(C)cc2)C1OC. The second kappa shape index (κ2) is 11.2. The molecule has 1 aliphatic rings. The Bertz CT molecular complexity index is 1090. The Hall–Kier alpha value is -0.675. The number of hydrogen-bond donors (Lipinski definition) is 4. The van der Waals surface area contributed by atoms with Crippen LogP contribution in [0.1, 0.15) is 5.56 Å².